The molecule has 3 aromatic carbocycles. The number of hydrogen-bond donors (Lipinski definition) is 0. The van der Waals surface area contributed by atoms with Crippen molar-refractivity contribution in [3.05, 3.63) is 88.7 Å². The first-order chi connectivity index (χ1) is 17.1. The van der Waals surface area contributed by atoms with Gasteiger partial charge in [-0.2, -0.15) is 8.78 Å². The number of halogens is 7. The van der Waals surface area contributed by atoms with Crippen LogP contribution < -0.4 is 4.74 Å². The predicted molar refractivity (Wildman–Crippen MR) is 122 cm³/mol. The molecule has 0 aliphatic heterocycles. The minimum absolute atomic E-state index is 0.0437. The van der Waals surface area contributed by atoms with Crippen molar-refractivity contribution in [1.29, 1.82) is 0 Å². The summed E-state index contributed by atoms with van der Waals surface area (Å²) in [6, 6.07) is 8.98. The maximum Gasteiger partial charge on any atom is 0.432 e. The highest BCUT2D eigenvalue weighted by molar-refractivity contribution is 5.64. The summed E-state index contributed by atoms with van der Waals surface area (Å²) < 4.78 is 102. The molecular formula is C28H25F7O. The highest BCUT2D eigenvalue weighted by Crippen LogP contribution is 2.41. The molecule has 192 valence electrons. The average Bonchev–Trinajstić information content (AvgIpc) is 3.29. The van der Waals surface area contributed by atoms with Crippen LogP contribution in [-0.4, -0.2) is 0 Å². The molecule has 3 aromatic rings. The Balaban J connectivity index is 1.53. The van der Waals surface area contributed by atoms with Gasteiger partial charge in [0.2, 0.25) is 0 Å². The van der Waals surface area contributed by atoms with Crippen LogP contribution in [0, 0.1) is 35.0 Å². The van der Waals surface area contributed by atoms with E-state index in [1.54, 1.807) is 12.1 Å². The van der Waals surface area contributed by atoms with E-state index < -0.39 is 46.5 Å². The smallest absolute Gasteiger partial charge is 0.429 e. The molecular weight excluding hydrogens is 485 g/mol. The third-order valence-electron chi connectivity index (χ3n) is 6.76. The van der Waals surface area contributed by atoms with Gasteiger partial charge in [0.1, 0.15) is 22.9 Å². The fraction of sp³-hybridized carbons (Fsp3) is 0.357. The van der Waals surface area contributed by atoms with Gasteiger partial charge in [-0.25, -0.2) is 22.0 Å². The number of hydrogen-bond acceptors (Lipinski definition) is 1. The van der Waals surface area contributed by atoms with Crippen molar-refractivity contribution in [2.45, 2.75) is 57.5 Å². The molecule has 36 heavy (non-hydrogen) atoms. The van der Waals surface area contributed by atoms with Crippen molar-refractivity contribution >= 4 is 0 Å². The Morgan fingerprint density at radius 1 is 0.806 bits per heavy atom. The van der Waals surface area contributed by atoms with Crippen molar-refractivity contribution in [3.8, 4) is 16.9 Å². The Morgan fingerprint density at radius 2 is 1.42 bits per heavy atom. The molecule has 1 aliphatic rings. The van der Waals surface area contributed by atoms with Gasteiger partial charge in [-0.15, -0.1) is 0 Å². The van der Waals surface area contributed by atoms with E-state index in [4.69, 9.17) is 0 Å². The highest BCUT2D eigenvalue weighted by Gasteiger charge is 2.41. The Kier molecular flexibility index (Phi) is 7.62. The van der Waals surface area contributed by atoms with Gasteiger partial charge in [0, 0.05) is 12.1 Å². The number of benzene rings is 3. The second kappa shape index (κ2) is 10.5. The monoisotopic (exact) mass is 510 g/mol. The predicted octanol–water partition coefficient (Wildman–Crippen LogP) is 9.25. The summed E-state index contributed by atoms with van der Waals surface area (Å²) in [7, 11) is 0. The maximum atomic E-state index is 14.7. The first-order valence-corrected chi connectivity index (χ1v) is 11.9. The Morgan fingerprint density at radius 3 is 2.00 bits per heavy atom. The van der Waals surface area contributed by atoms with Gasteiger partial charge in [0.25, 0.3) is 0 Å². The van der Waals surface area contributed by atoms with Crippen molar-refractivity contribution in [2.75, 3.05) is 0 Å². The van der Waals surface area contributed by atoms with E-state index in [9.17, 15) is 30.7 Å². The van der Waals surface area contributed by atoms with Crippen molar-refractivity contribution in [2.24, 2.45) is 5.92 Å². The molecule has 1 fully saturated rings. The van der Waals surface area contributed by atoms with Crippen LogP contribution in [0.2, 0.25) is 0 Å². The highest BCUT2D eigenvalue weighted by atomic mass is 19.3. The van der Waals surface area contributed by atoms with E-state index in [-0.39, 0.29) is 17.7 Å². The summed E-state index contributed by atoms with van der Waals surface area (Å²) in [6.45, 7) is 2.17. The Bertz CT molecular complexity index is 1180. The summed E-state index contributed by atoms with van der Waals surface area (Å²) in [5, 5.41) is 0. The zero-order chi connectivity index (χ0) is 26.0. The van der Waals surface area contributed by atoms with Crippen LogP contribution in [0.25, 0.3) is 11.1 Å². The molecule has 0 bridgehead atoms. The van der Waals surface area contributed by atoms with E-state index in [0.29, 0.717) is 17.4 Å². The van der Waals surface area contributed by atoms with Gasteiger partial charge < -0.3 is 4.74 Å². The van der Waals surface area contributed by atoms with E-state index >= 15 is 0 Å². The zero-order valence-corrected chi connectivity index (χ0v) is 19.6. The molecule has 1 nitrogen and oxygen atoms in total. The molecule has 0 amide bonds. The lowest BCUT2D eigenvalue weighted by Crippen LogP contribution is -2.25. The molecule has 0 aromatic heterocycles. The summed E-state index contributed by atoms with van der Waals surface area (Å²) in [4.78, 5) is 0. The average molecular weight is 510 g/mol. The fourth-order valence-corrected chi connectivity index (χ4v) is 4.89. The first-order valence-electron chi connectivity index (χ1n) is 11.9. The lowest BCUT2D eigenvalue weighted by molar-refractivity contribution is -0.189. The molecule has 0 radical (unpaired) electrons. The third-order valence-corrected chi connectivity index (χ3v) is 6.76. The largest absolute Gasteiger partial charge is 0.432 e. The minimum atomic E-state index is -4.62. The van der Waals surface area contributed by atoms with Gasteiger partial charge in [-0.3, -0.25) is 0 Å². The number of ether oxygens (including phenoxy) is 1. The first kappa shape index (κ1) is 26.0. The Hall–Kier alpha value is -3.03. The number of alkyl halides is 2. The fourth-order valence-electron chi connectivity index (χ4n) is 4.89. The van der Waals surface area contributed by atoms with Crippen LogP contribution in [-0.2, 0) is 6.11 Å². The second-order valence-electron chi connectivity index (χ2n) is 9.27. The van der Waals surface area contributed by atoms with Gasteiger partial charge in [0.05, 0.1) is 0 Å². The van der Waals surface area contributed by atoms with E-state index in [2.05, 4.69) is 11.7 Å². The quantitative estimate of drug-likeness (QED) is 0.217. The summed E-state index contributed by atoms with van der Waals surface area (Å²) in [5.74, 6) is -8.65. The lowest BCUT2D eigenvalue weighted by Gasteiger charge is -2.20. The molecule has 0 N–H and O–H groups in total. The van der Waals surface area contributed by atoms with Gasteiger partial charge in [-0.05, 0) is 59.9 Å². The molecule has 1 saturated carbocycles. The topological polar surface area (TPSA) is 9.23 Å². The van der Waals surface area contributed by atoms with E-state index in [1.165, 1.54) is 25.7 Å². The molecule has 0 spiro atoms. The summed E-state index contributed by atoms with van der Waals surface area (Å²) in [5.41, 5.74) is -0.108. The standard InChI is InChI=1S/C28H25F7O/c1-2-3-4-16-5-6-19(11-16)17-7-9-18(10-8-17)20-12-22(29)26(23(30)13-20)28(34,35)36-21-14-24(31)27(33)25(32)15-21/h7-10,12-16,19H,2-6,11H2,1H3. The molecule has 2 unspecified atom stereocenters. The van der Waals surface area contributed by atoms with Crippen molar-refractivity contribution in [1.82, 2.24) is 0 Å². The van der Waals surface area contributed by atoms with Crippen LogP contribution in [0.5, 0.6) is 5.75 Å². The molecule has 4 rings (SSSR count). The summed E-state index contributed by atoms with van der Waals surface area (Å²) >= 11 is 0. The maximum absolute atomic E-state index is 14.7. The third kappa shape index (κ3) is 5.52. The van der Waals surface area contributed by atoms with Gasteiger partial charge in [-0.1, -0.05) is 50.5 Å². The van der Waals surface area contributed by atoms with Crippen LogP contribution in [0.3, 0.4) is 0 Å². The molecule has 1 aliphatic carbocycles. The van der Waals surface area contributed by atoms with Crippen LogP contribution >= 0.6 is 0 Å². The van der Waals surface area contributed by atoms with Gasteiger partial charge in [0.15, 0.2) is 17.5 Å². The van der Waals surface area contributed by atoms with Crippen LogP contribution in [0.4, 0.5) is 30.7 Å². The molecule has 0 saturated heterocycles. The van der Waals surface area contributed by atoms with E-state index in [0.717, 1.165) is 30.5 Å². The Labute approximate surface area is 204 Å². The molecule has 2 atom stereocenters. The number of unbranched alkanes of at least 4 members (excludes halogenated alkanes) is 1. The lowest BCUT2D eigenvalue weighted by atomic mass is 9.93. The summed E-state index contributed by atoms with van der Waals surface area (Å²) in [6.07, 6.45) is 2.35. The normalized spacial score (nSPS) is 18.0. The molecule has 0 heterocycles. The van der Waals surface area contributed by atoms with Gasteiger partial charge >= 0.3 is 6.11 Å². The SMILES string of the molecule is CCCCC1CCC(c2ccc(-c3cc(F)c(C(F)(F)Oc4cc(F)c(F)c(F)c4)c(F)c3)cc2)C1. The van der Waals surface area contributed by atoms with Crippen molar-refractivity contribution in [3.63, 3.8) is 0 Å². The van der Waals surface area contributed by atoms with Crippen molar-refractivity contribution < 1.29 is 35.5 Å². The number of rotatable bonds is 8. The minimum Gasteiger partial charge on any atom is -0.429 e. The van der Waals surface area contributed by atoms with Crippen LogP contribution in [0.15, 0.2) is 48.5 Å². The van der Waals surface area contributed by atoms with Crippen LogP contribution in [0.1, 0.15) is 62.5 Å². The molecule has 8 heteroatoms. The zero-order valence-electron chi connectivity index (χ0n) is 19.6. The second-order valence-corrected chi connectivity index (χ2v) is 9.27. The van der Waals surface area contributed by atoms with E-state index in [1.807, 2.05) is 12.1 Å².